The van der Waals surface area contributed by atoms with Crippen LogP contribution in [0.25, 0.3) is 0 Å². The molecule has 1 atom stereocenters. The Labute approximate surface area is 97.8 Å². The number of halogens is 2. The van der Waals surface area contributed by atoms with Gasteiger partial charge in [-0.05, 0) is 18.6 Å². The molecule has 0 saturated heterocycles. The molecule has 3 nitrogen and oxygen atoms in total. The molecule has 16 heavy (non-hydrogen) atoms. The third kappa shape index (κ3) is 3.18. The molecule has 0 spiro atoms. The van der Waals surface area contributed by atoms with Gasteiger partial charge in [0.1, 0.15) is 5.82 Å². The Hall–Kier alpha value is -1.13. The van der Waals surface area contributed by atoms with Gasteiger partial charge in [0.05, 0.1) is 12.5 Å². The number of aliphatic carboxylic acids is 1. The Balaban J connectivity index is 2.89. The highest BCUT2D eigenvalue weighted by atomic mass is 35.5. The number of hydrogen-bond donors (Lipinski definition) is 1. The second-order valence-corrected chi connectivity index (χ2v) is 3.80. The van der Waals surface area contributed by atoms with Gasteiger partial charge in [-0.15, -0.1) is 0 Å². The maximum absolute atomic E-state index is 13.4. The lowest BCUT2D eigenvalue weighted by Gasteiger charge is -2.12. The zero-order valence-corrected chi connectivity index (χ0v) is 9.50. The molecule has 0 amide bonds. The van der Waals surface area contributed by atoms with Crippen LogP contribution >= 0.6 is 11.6 Å². The molecule has 0 fully saturated rings. The molecule has 0 aliphatic rings. The first-order chi connectivity index (χ1) is 7.56. The molecule has 0 aromatic heterocycles. The largest absolute Gasteiger partial charge is 0.481 e. The summed E-state index contributed by atoms with van der Waals surface area (Å²) in [5, 5.41) is 9.14. The number of benzene rings is 1. The van der Waals surface area contributed by atoms with Crippen molar-refractivity contribution in [1.29, 1.82) is 0 Å². The SMILES string of the molecule is COCC(Cc1c(F)cccc1Cl)C(=O)O. The van der Waals surface area contributed by atoms with Gasteiger partial charge in [0.2, 0.25) is 0 Å². The number of carboxylic acids is 1. The van der Waals surface area contributed by atoms with Crippen LogP contribution in [-0.4, -0.2) is 24.8 Å². The van der Waals surface area contributed by atoms with Crippen molar-refractivity contribution in [2.24, 2.45) is 5.92 Å². The Morgan fingerprint density at radius 2 is 2.31 bits per heavy atom. The van der Waals surface area contributed by atoms with Crippen LogP contribution in [-0.2, 0) is 16.0 Å². The van der Waals surface area contributed by atoms with Crippen molar-refractivity contribution in [3.05, 3.63) is 34.6 Å². The Morgan fingerprint density at radius 1 is 1.62 bits per heavy atom. The van der Waals surface area contributed by atoms with Gasteiger partial charge in [-0.3, -0.25) is 4.79 Å². The van der Waals surface area contributed by atoms with Gasteiger partial charge < -0.3 is 9.84 Å². The normalized spacial score (nSPS) is 12.4. The van der Waals surface area contributed by atoms with Gasteiger partial charge in [0, 0.05) is 17.7 Å². The molecule has 0 aliphatic carbocycles. The van der Waals surface area contributed by atoms with Crippen molar-refractivity contribution in [3.63, 3.8) is 0 Å². The number of carboxylic acid groups (broad SMARTS) is 1. The van der Waals surface area contributed by atoms with Crippen LogP contribution in [0, 0.1) is 11.7 Å². The molecule has 0 bridgehead atoms. The average molecular weight is 247 g/mol. The van der Waals surface area contributed by atoms with E-state index in [1.54, 1.807) is 0 Å². The summed E-state index contributed by atoms with van der Waals surface area (Å²) < 4.78 is 18.2. The third-order valence-corrected chi connectivity index (χ3v) is 2.58. The van der Waals surface area contributed by atoms with E-state index in [0.717, 1.165) is 0 Å². The number of methoxy groups -OCH3 is 1. The van der Waals surface area contributed by atoms with Crippen molar-refractivity contribution in [2.45, 2.75) is 6.42 Å². The highest BCUT2D eigenvalue weighted by Gasteiger charge is 2.21. The van der Waals surface area contributed by atoms with Gasteiger partial charge in [-0.1, -0.05) is 17.7 Å². The van der Waals surface area contributed by atoms with Crippen molar-refractivity contribution >= 4 is 17.6 Å². The second kappa shape index (κ2) is 5.82. The van der Waals surface area contributed by atoms with Crippen molar-refractivity contribution in [1.82, 2.24) is 0 Å². The van der Waals surface area contributed by atoms with Crippen LogP contribution in [0.15, 0.2) is 18.2 Å². The van der Waals surface area contributed by atoms with E-state index in [0.29, 0.717) is 0 Å². The van der Waals surface area contributed by atoms with E-state index in [4.69, 9.17) is 21.4 Å². The van der Waals surface area contributed by atoms with Gasteiger partial charge in [-0.25, -0.2) is 4.39 Å². The summed E-state index contributed by atoms with van der Waals surface area (Å²) in [5.74, 6) is -2.31. The minimum atomic E-state index is -1.03. The maximum atomic E-state index is 13.4. The first-order valence-corrected chi connectivity index (χ1v) is 5.08. The third-order valence-electron chi connectivity index (χ3n) is 2.23. The number of rotatable bonds is 5. The highest BCUT2D eigenvalue weighted by Crippen LogP contribution is 2.22. The predicted molar refractivity (Wildman–Crippen MR) is 58.1 cm³/mol. The lowest BCUT2D eigenvalue weighted by molar-refractivity contribution is -0.143. The Kier molecular flexibility index (Phi) is 4.71. The van der Waals surface area contributed by atoms with E-state index in [2.05, 4.69) is 0 Å². The van der Waals surface area contributed by atoms with E-state index in [1.807, 2.05) is 0 Å². The molecule has 5 heteroatoms. The van der Waals surface area contributed by atoms with Gasteiger partial charge in [0.15, 0.2) is 0 Å². The fraction of sp³-hybridized carbons (Fsp3) is 0.364. The van der Waals surface area contributed by atoms with E-state index in [-0.39, 0.29) is 23.6 Å². The molecule has 0 radical (unpaired) electrons. The fourth-order valence-electron chi connectivity index (χ4n) is 1.39. The Morgan fingerprint density at radius 3 is 2.81 bits per heavy atom. The molecule has 1 aromatic rings. The van der Waals surface area contributed by atoms with E-state index in [1.165, 1.54) is 25.3 Å². The fourth-order valence-corrected chi connectivity index (χ4v) is 1.63. The maximum Gasteiger partial charge on any atom is 0.309 e. The molecule has 88 valence electrons. The summed E-state index contributed by atoms with van der Waals surface area (Å²) in [6.07, 6.45) is 0.0225. The van der Waals surface area contributed by atoms with Gasteiger partial charge in [-0.2, -0.15) is 0 Å². The Bertz CT molecular complexity index is 361. The molecular formula is C11H12ClFO3. The lowest BCUT2D eigenvalue weighted by atomic mass is 10.00. The topological polar surface area (TPSA) is 46.5 Å². The first kappa shape index (κ1) is 12.9. The zero-order chi connectivity index (χ0) is 12.1. The molecule has 1 unspecified atom stereocenters. The standard InChI is InChI=1S/C11H12ClFO3/c1-16-6-7(11(14)15)5-8-9(12)3-2-4-10(8)13/h2-4,7H,5-6H2,1H3,(H,14,15). The molecule has 1 N–H and O–H groups in total. The van der Waals surface area contributed by atoms with Crippen molar-refractivity contribution in [3.8, 4) is 0 Å². The minimum absolute atomic E-state index is 0.0225. The lowest BCUT2D eigenvalue weighted by Crippen LogP contribution is -2.22. The van der Waals surface area contributed by atoms with Crippen LogP contribution < -0.4 is 0 Å². The molecule has 0 aliphatic heterocycles. The quantitative estimate of drug-likeness (QED) is 0.868. The monoisotopic (exact) mass is 246 g/mol. The summed E-state index contributed by atoms with van der Waals surface area (Å²) in [7, 11) is 1.40. The molecule has 1 rings (SSSR count). The van der Waals surface area contributed by atoms with E-state index < -0.39 is 17.7 Å². The minimum Gasteiger partial charge on any atom is -0.481 e. The highest BCUT2D eigenvalue weighted by molar-refractivity contribution is 6.31. The summed E-state index contributed by atoms with van der Waals surface area (Å²) in [6, 6.07) is 4.27. The summed E-state index contributed by atoms with van der Waals surface area (Å²) in [6.45, 7) is 0.0278. The molecule has 0 heterocycles. The molecular weight excluding hydrogens is 235 g/mol. The van der Waals surface area contributed by atoms with Crippen molar-refractivity contribution < 1.29 is 19.0 Å². The first-order valence-electron chi connectivity index (χ1n) is 4.71. The van der Waals surface area contributed by atoms with E-state index >= 15 is 0 Å². The van der Waals surface area contributed by atoms with Crippen molar-refractivity contribution in [2.75, 3.05) is 13.7 Å². The second-order valence-electron chi connectivity index (χ2n) is 3.39. The van der Waals surface area contributed by atoms with Gasteiger partial charge in [0.25, 0.3) is 0 Å². The number of ether oxygens (including phenoxy) is 1. The summed E-state index contributed by atoms with van der Waals surface area (Å²) >= 11 is 5.80. The summed E-state index contributed by atoms with van der Waals surface area (Å²) in [5.41, 5.74) is 0.216. The molecule has 0 saturated carbocycles. The summed E-state index contributed by atoms with van der Waals surface area (Å²) in [4.78, 5) is 10.9. The average Bonchev–Trinajstić information content (AvgIpc) is 2.21. The van der Waals surface area contributed by atoms with Crippen LogP contribution in [0.5, 0.6) is 0 Å². The van der Waals surface area contributed by atoms with Crippen LogP contribution in [0.1, 0.15) is 5.56 Å². The smallest absolute Gasteiger partial charge is 0.309 e. The predicted octanol–water partition coefficient (Wildman–Crippen LogP) is 2.37. The van der Waals surface area contributed by atoms with Gasteiger partial charge >= 0.3 is 5.97 Å². The van der Waals surface area contributed by atoms with E-state index in [9.17, 15) is 9.18 Å². The number of carbonyl (C=O) groups is 1. The number of hydrogen-bond acceptors (Lipinski definition) is 2. The molecule has 1 aromatic carbocycles. The van der Waals surface area contributed by atoms with Crippen LogP contribution in [0.2, 0.25) is 5.02 Å². The zero-order valence-electron chi connectivity index (χ0n) is 8.74. The van der Waals surface area contributed by atoms with Crippen LogP contribution in [0.3, 0.4) is 0 Å². The van der Waals surface area contributed by atoms with Crippen LogP contribution in [0.4, 0.5) is 4.39 Å².